The van der Waals surface area contributed by atoms with E-state index in [1.165, 1.54) is 5.56 Å². The van der Waals surface area contributed by atoms with Gasteiger partial charge in [-0.05, 0) is 25.1 Å². The van der Waals surface area contributed by atoms with Crippen molar-refractivity contribution < 1.29 is 4.84 Å². The van der Waals surface area contributed by atoms with Crippen molar-refractivity contribution in [3.63, 3.8) is 0 Å². The average molecular weight is 446 g/mol. The standard InChI is InChI=1S/C25H17Cl2N3O/c1-15-6-8-16(9-7-15)23-13-21-24(29-28-23)19-4-2-3-5-20(19)25(21)30-31-14-17-10-11-18(26)12-22(17)27/h2-13H,14H2,1H3/b30-25+. The van der Waals surface area contributed by atoms with Crippen molar-refractivity contribution in [2.75, 3.05) is 0 Å². The fourth-order valence-electron chi connectivity index (χ4n) is 3.58. The minimum Gasteiger partial charge on any atom is -0.390 e. The van der Waals surface area contributed by atoms with E-state index >= 15 is 0 Å². The number of hydrogen-bond donors (Lipinski definition) is 0. The van der Waals surface area contributed by atoms with Gasteiger partial charge in [0.1, 0.15) is 18.0 Å². The third-order valence-electron chi connectivity index (χ3n) is 5.22. The Hall–Kier alpha value is -3.21. The Kier molecular flexibility index (Phi) is 5.18. The second-order valence-electron chi connectivity index (χ2n) is 7.35. The van der Waals surface area contributed by atoms with Crippen molar-refractivity contribution in [2.45, 2.75) is 13.5 Å². The lowest BCUT2D eigenvalue weighted by Gasteiger charge is -2.06. The van der Waals surface area contributed by atoms with E-state index in [0.29, 0.717) is 10.0 Å². The average Bonchev–Trinajstić information content (AvgIpc) is 3.09. The highest BCUT2D eigenvalue weighted by Crippen LogP contribution is 2.36. The Morgan fingerprint density at radius 2 is 1.61 bits per heavy atom. The summed E-state index contributed by atoms with van der Waals surface area (Å²) >= 11 is 12.2. The Bertz CT molecular complexity index is 1320. The molecule has 0 N–H and O–H groups in total. The second-order valence-corrected chi connectivity index (χ2v) is 8.20. The number of rotatable bonds is 4. The van der Waals surface area contributed by atoms with Crippen molar-refractivity contribution in [3.05, 3.63) is 105 Å². The molecule has 1 aliphatic carbocycles. The van der Waals surface area contributed by atoms with E-state index in [1.54, 1.807) is 12.1 Å². The number of fused-ring (bicyclic) bond motifs is 3. The van der Waals surface area contributed by atoms with E-state index in [2.05, 4.69) is 34.4 Å². The molecule has 1 heterocycles. The van der Waals surface area contributed by atoms with E-state index in [-0.39, 0.29) is 6.61 Å². The van der Waals surface area contributed by atoms with Gasteiger partial charge in [0.2, 0.25) is 0 Å². The molecule has 0 atom stereocenters. The highest BCUT2D eigenvalue weighted by Gasteiger charge is 2.28. The van der Waals surface area contributed by atoms with Gasteiger partial charge in [-0.3, -0.25) is 0 Å². The Balaban J connectivity index is 1.52. The van der Waals surface area contributed by atoms with Crippen molar-refractivity contribution >= 4 is 28.9 Å². The number of oxime groups is 1. The van der Waals surface area contributed by atoms with Crippen LogP contribution in [0.15, 0.2) is 78.0 Å². The van der Waals surface area contributed by atoms with E-state index in [4.69, 9.17) is 28.0 Å². The molecule has 1 aromatic heterocycles. The minimum absolute atomic E-state index is 0.236. The van der Waals surface area contributed by atoms with E-state index in [0.717, 1.165) is 44.9 Å². The first kappa shape index (κ1) is 19.7. The fraction of sp³-hybridized carbons (Fsp3) is 0.0800. The van der Waals surface area contributed by atoms with E-state index in [9.17, 15) is 0 Å². The van der Waals surface area contributed by atoms with Crippen molar-refractivity contribution in [3.8, 4) is 22.5 Å². The quantitative estimate of drug-likeness (QED) is 0.288. The fourth-order valence-corrected chi connectivity index (χ4v) is 4.04. The van der Waals surface area contributed by atoms with Gasteiger partial charge in [0.25, 0.3) is 0 Å². The first-order valence-electron chi connectivity index (χ1n) is 9.79. The van der Waals surface area contributed by atoms with Crippen molar-refractivity contribution in [2.24, 2.45) is 5.16 Å². The SMILES string of the molecule is Cc1ccc(-c2cc3c(nn2)-c2ccccc2/C3=N\OCc2ccc(Cl)cc2Cl)cc1. The van der Waals surface area contributed by atoms with Crippen LogP contribution >= 0.6 is 23.2 Å². The Labute approximate surface area is 190 Å². The van der Waals surface area contributed by atoms with Crippen LogP contribution in [-0.4, -0.2) is 15.9 Å². The molecule has 0 saturated carbocycles. The molecule has 1 aliphatic rings. The largest absolute Gasteiger partial charge is 0.390 e. The van der Waals surface area contributed by atoms with Gasteiger partial charge in [-0.25, -0.2) is 0 Å². The van der Waals surface area contributed by atoms with Crippen molar-refractivity contribution in [1.29, 1.82) is 0 Å². The van der Waals surface area contributed by atoms with Crippen LogP contribution in [0.25, 0.3) is 22.5 Å². The summed E-state index contributed by atoms with van der Waals surface area (Å²) in [5.41, 5.74) is 8.20. The smallest absolute Gasteiger partial charge is 0.143 e. The molecule has 0 amide bonds. The van der Waals surface area contributed by atoms with Crippen LogP contribution in [0.5, 0.6) is 0 Å². The predicted octanol–water partition coefficient (Wildman–Crippen LogP) is 6.71. The molecule has 4 nitrogen and oxygen atoms in total. The van der Waals surface area contributed by atoms with Gasteiger partial charge in [-0.1, -0.05) is 88.5 Å². The van der Waals surface area contributed by atoms with Crippen LogP contribution in [0.3, 0.4) is 0 Å². The lowest BCUT2D eigenvalue weighted by Crippen LogP contribution is -2.02. The zero-order chi connectivity index (χ0) is 21.4. The summed E-state index contributed by atoms with van der Waals surface area (Å²) in [6, 6.07) is 23.5. The second kappa shape index (κ2) is 8.14. The summed E-state index contributed by atoms with van der Waals surface area (Å²) in [4.78, 5) is 5.71. The third kappa shape index (κ3) is 3.80. The number of hydrogen-bond acceptors (Lipinski definition) is 4. The summed E-state index contributed by atoms with van der Waals surface area (Å²) in [7, 11) is 0. The molecule has 152 valence electrons. The maximum atomic E-state index is 6.26. The van der Waals surface area contributed by atoms with Crippen LogP contribution in [0.4, 0.5) is 0 Å². The van der Waals surface area contributed by atoms with Gasteiger partial charge >= 0.3 is 0 Å². The molecule has 31 heavy (non-hydrogen) atoms. The summed E-state index contributed by atoms with van der Waals surface area (Å²) in [5, 5.41) is 14.6. The number of nitrogens with zero attached hydrogens (tertiary/aromatic N) is 3. The number of aromatic nitrogens is 2. The van der Waals surface area contributed by atoms with Gasteiger partial charge in [0.15, 0.2) is 0 Å². The molecular weight excluding hydrogens is 429 g/mol. The summed E-state index contributed by atoms with van der Waals surface area (Å²) < 4.78 is 0. The topological polar surface area (TPSA) is 47.4 Å². The molecule has 0 saturated heterocycles. The van der Waals surface area contributed by atoms with E-state index < -0.39 is 0 Å². The zero-order valence-electron chi connectivity index (χ0n) is 16.6. The maximum absolute atomic E-state index is 6.26. The molecule has 0 fully saturated rings. The lowest BCUT2D eigenvalue weighted by molar-refractivity contribution is 0.131. The van der Waals surface area contributed by atoms with Crippen LogP contribution in [0, 0.1) is 6.92 Å². The monoisotopic (exact) mass is 445 g/mol. The van der Waals surface area contributed by atoms with Gasteiger partial charge < -0.3 is 4.84 Å². The molecule has 0 radical (unpaired) electrons. The van der Waals surface area contributed by atoms with E-state index in [1.807, 2.05) is 48.5 Å². The lowest BCUT2D eigenvalue weighted by atomic mass is 10.1. The maximum Gasteiger partial charge on any atom is 0.143 e. The minimum atomic E-state index is 0.236. The molecular formula is C25H17Cl2N3O. The molecule has 4 aromatic rings. The number of halogens is 2. The molecule has 3 aromatic carbocycles. The molecule has 0 aliphatic heterocycles. The zero-order valence-corrected chi connectivity index (χ0v) is 18.2. The first-order valence-corrected chi connectivity index (χ1v) is 10.5. The summed E-state index contributed by atoms with van der Waals surface area (Å²) in [6.07, 6.45) is 0. The first-order chi connectivity index (χ1) is 15.1. The van der Waals surface area contributed by atoms with Crippen LogP contribution in [0.2, 0.25) is 10.0 Å². The van der Waals surface area contributed by atoms with Gasteiger partial charge in [0.05, 0.1) is 5.69 Å². The van der Waals surface area contributed by atoms with Gasteiger partial charge in [0, 0.05) is 37.9 Å². The summed E-state index contributed by atoms with van der Waals surface area (Å²) in [6.45, 7) is 2.30. The Morgan fingerprint density at radius 1 is 0.839 bits per heavy atom. The van der Waals surface area contributed by atoms with Crippen LogP contribution in [-0.2, 0) is 11.4 Å². The highest BCUT2D eigenvalue weighted by molar-refractivity contribution is 6.35. The van der Waals surface area contributed by atoms with Crippen LogP contribution < -0.4 is 0 Å². The highest BCUT2D eigenvalue weighted by atomic mass is 35.5. The molecule has 6 heteroatoms. The predicted molar refractivity (Wildman–Crippen MR) is 125 cm³/mol. The molecule has 0 unspecified atom stereocenters. The summed E-state index contributed by atoms with van der Waals surface area (Å²) in [5.74, 6) is 0. The van der Waals surface area contributed by atoms with Crippen LogP contribution in [0.1, 0.15) is 22.3 Å². The molecule has 5 rings (SSSR count). The Morgan fingerprint density at radius 3 is 2.39 bits per heavy atom. The van der Waals surface area contributed by atoms with Gasteiger partial charge in [-0.2, -0.15) is 0 Å². The normalized spacial score (nSPS) is 13.2. The third-order valence-corrected chi connectivity index (χ3v) is 5.81. The number of benzene rings is 3. The number of aryl methyl sites for hydroxylation is 1. The van der Waals surface area contributed by atoms with Crippen molar-refractivity contribution in [1.82, 2.24) is 10.2 Å². The molecule has 0 bridgehead atoms. The van der Waals surface area contributed by atoms with Gasteiger partial charge in [-0.15, -0.1) is 10.2 Å². The molecule has 0 spiro atoms.